The molecule has 0 radical (unpaired) electrons. The van der Waals surface area contributed by atoms with Crippen LogP contribution in [0.2, 0.25) is 0 Å². The second-order valence-corrected chi connectivity index (χ2v) is 7.35. The molecule has 4 aromatic rings. The maximum absolute atomic E-state index is 12.4. The van der Waals surface area contributed by atoms with Gasteiger partial charge < -0.3 is 4.42 Å². The van der Waals surface area contributed by atoms with Gasteiger partial charge >= 0.3 is 5.63 Å². The second-order valence-electron chi connectivity index (χ2n) is 4.74. The average molecular weight is 441 g/mol. The zero-order valence-electron chi connectivity index (χ0n) is 11.1. The molecule has 8 heteroatoms. The van der Waals surface area contributed by atoms with Crippen LogP contribution in [0, 0.1) is 6.92 Å². The highest BCUT2D eigenvalue weighted by molar-refractivity contribution is 9.11. The lowest BCUT2D eigenvalue weighted by molar-refractivity contribution is 0.561. The maximum Gasteiger partial charge on any atom is 0.345 e. The topological polar surface area (TPSA) is 60.4 Å². The van der Waals surface area contributed by atoms with Crippen LogP contribution in [-0.4, -0.2) is 14.6 Å². The van der Waals surface area contributed by atoms with Crippen LogP contribution in [0.15, 0.2) is 41.7 Å². The van der Waals surface area contributed by atoms with Crippen LogP contribution < -0.4 is 5.63 Å². The van der Waals surface area contributed by atoms with Gasteiger partial charge in [0.25, 0.3) is 0 Å². The summed E-state index contributed by atoms with van der Waals surface area (Å²) in [5.41, 5.74) is 1.38. The van der Waals surface area contributed by atoms with Crippen molar-refractivity contribution in [3.63, 3.8) is 0 Å². The Bertz CT molecular complexity index is 1100. The number of thiazole rings is 1. The number of fused-ring (bicyclic) bond motifs is 2. The van der Waals surface area contributed by atoms with Gasteiger partial charge in [-0.25, -0.2) is 4.79 Å². The van der Waals surface area contributed by atoms with Gasteiger partial charge in [-0.05, 0) is 41.1 Å². The van der Waals surface area contributed by atoms with Crippen molar-refractivity contribution in [1.29, 1.82) is 0 Å². The highest BCUT2D eigenvalue weighted by atomic mass is 79.9. The number of nitrogens with zero attached hydrogens (tertiary/aromatic N) is 3. The van der Waals surface area contributed by atoms with Crippen LogP contribution in [-0.2, 0) is 0 Å². The normalized spacial score (nSPS) is 11.6. The second kappa shape index (κ2) is 5.00. The van der Waals surface area contributed by atoms with E-state index in [-0.39, 0.29) is 5.63 Å². The number of hydrogen-bond acceptors (Lipinski definition) is 5. The SMILES string of the molecule is Cc1nnc2scc(-c3cc4cc(Br)cc(Br)c4oc3=O)n12. The van der Waals surface area contributed by atoms with E-state index in [1.807, 2.05) is 34.9 Å². The monoisotopic (exact) mass is 439 g/mol. The van der Waals surface area contributed by atoms with Crippen molar-refractivity contribution in [2.24, 2.45) is 0 Å². The standard InChI is InChI=1S/C14H7Br2N3O2S/c1-6-17-18-14-19(6)11(5-22-14)9-3-7-2-8(15)4-10(16)12(7)21-13(9)20/h2-5H,1H3. The Labute approximate surface area is 144 Å². The van der Waals surface area contributed by atoms with E-state index in [2.05, 4.69) is 42.1 Å². The van der Waals surface area contributed by atoms with Gasteiger partial charge in [0.1, 0.15) is 5.82 Å². The molecule has 0 atom stereocenters. The predicted octanol–water partition coefficient (Wildman–Crippen LogP) is 4.40. The lowest BCUT2D eigenvalue weighted by Crippen LogP contribution is -2.05. The molecule has 4 rings (SSSR count). The van der Waals surface area contributed by atoms with Gasteiger partial charge in [0.2, 0.25) is 4.96 Å². The number of rotatable bonds is 1. The minimum absolute atomic E-state index is 0.386. The zero-order chi connectivity index (χ0) is 15.4. The lowest BCUT2D eigenvalue weighted by atomic mass is 10.1. The Kier molecular flexibility index (Phi) is 3.21. The molecule has 0 N–H and O–H groups in total. The molecule has 0 fully saturated rings. The molecule has 3 heterocycles. The maximum atomic E-state index is 12.4. The Morgan fingerprint density at radius 2 is 2.05 bits per heavy atom. The summed E-state index contributed by atoms with van der Waals surface area (Å²) in [6, 6.07) is 5.59. The number of aromatic nitrogens is 3. The minimum Gasteiger partial charge on any atom is -0.421 e. The Balaban J connectivity index is 2.09. The van der Waals surface area contributed by atoms with Gasteiger partial charge in [0.15, 0.2) is 5.58 Å². The molecule has 3 aromatic heterocycles. The molecule has 0 saturated heterocycles. The summed E-state index contributed by atoms with van der Waals surface area (Å²) < 4.78 is 8.99. The fraction of sp³-hybridized carbons (Fsp3) is 0.0714. The van der Waals surface area contributed by atoms with E-state index in [9.17, 15) is 4.79 Å². The van der Waals surface area contributed by atoms with E-state index in [1.165, 1.54) is 11.3 Å². The van der Waals surface area contributed by atoms with Crippen molar-refractivity contribution in [2.45, 2.75) is 6.92 Å². The molecule has 0 bridgehead atoms. The summed E-state index contributed by atoms with van der Waals surface area (Å²) in [6.45, 7) is 1.85. The summed E-state index contributed by atoms with van der Waals surface area (Å²) in [6.07, 6.45) is 0. The van der Waals surface area contributed by atoms with E-state index >= 15 is 0 Å². The van der Waals surface area contributed by atoms with Crippen LogP contribution in [0.4, 0.5) is 0 Å². The van der Waals surface area contributed by atoms with E-state index in [4.69, 9.17) is 4.42 Å². The summed E-state index contributed by atoms with van der Waals surface area (Å²) in [4.78, 5) is 13.1. The van der Waals surface area contributed by atoms with Crippen molar-refractivity contribution in [3.8, 4) is 11.3 Å². The van der Waals surface area contributed by atoms with Crippen LogP contribution >= 0.6 is 43.2 Å². The van der Waals surface area contributed by atoms with Gasteiger partial charge in [-0.1, -0.05) is 15.9 Å². The summed E-state index contributed by atoms with van der Waals surface area (Å²) in [5, 5.41) is 10.8. The third-order valence-electron chi connectivity index (χ3n) is 3.34. The number of hydrogen-bond donors (Lipinski definition) is 0. The van der Waals surface area contributed by atoms with Crippen molar-refractivity contribution in [3.05, 3.63) is 48.8 Å². The van der Waals surface area contributed by atoms with Crippen LogP contribution in [0.1, 0.15) is 5.82 Å². The molecule has 0 amide bonds. The third kappa shape index (κ3) is 2.05. The van der Waals surface area contributed by atoms with E-state index in [1.54, 1.807) is 0 Å². The summed E-state index contributed by atoms with van der Waals surface area (Å²) in [7, 11) is 0. The largest absolute Gasteiger partial charge is 0.421 e. The smallest absolute Gasteiger partial charge is 0.345 e. The molecule has 0 unspecified atom stereocenters. The first kappa shape index (κ1) is 14.1. The molecule has 5 nitrogen and oxygen atoms in total. The summed E-state index contributed by atoms with van der Waals surface area (Å²) >= 11 is 8.30. The quantitative estimate of drug-likeness (QED) is 0.411. The number of aryl methyl sites for hydroxylation is 1. The molecule has 0 aliphatic rings. The molecule has 0 aliphatic heterocycles. The molecule has 1 aromatic carbocycles. The fourth-order valence-corrected chi connectivity index (χ4v) is 4.59. The highest BCUT2D eigenvalue weighted by Gasteiger charge is 2.16. The van der Waals surface area contributed by atoms with Gasteiger partial charge in [0.05, 0.1) is 15.7 Å². The predicted molar refractivity (Wildman–Crippen MR) is 92.5 cm³/mol. The fourth-order valence-electron chi connectivity index (χ4n) is 2.38. The molecule has 0 saturated carbocycles. The number of halogens is 2. The van der Waals surface area contributed by atoms with Gasteiger partial charge in [0, 0.05) is 15.2 Å². The van der Waals surface area contributed by atoms with Crippen LogP contribution in [0.3, 0.4) is 0 Å². The average Bonchev–Trinajstić information content (AvgIpc) is 3.03. The molecular formula is C14H7Br2N3O2S. The van der Waals surface area contributed by atoms with Gasteiger partial charge in [-0.2, -0.15) is 0 Å². The summed E-state index contributed by atoms with van der Waals surface area (Å²) in [5.74, 6) is 0.737. The van der Waals surface area contributed by atoms with Crippen molar-refractivity contribution in [1.82, 2.24) is 14.6 Å². The highest BCUT2D eigenvalue weighted by Crippen LogP contribution is 2.31. The van der Waals surface area contributed by atoms with E-state index in [0.29, 0.717) is 11.1 Å². The number of benzene rings is 1. The lowest BCUT2D eigenvalue weighted by Gasteiger charge is -2.04. The molecule has 0 aliphatic carbocycles. The van der Waals surface area contributed by atoms with Gasteiger partial charge in [-0.15, -0.1) is 21.5 Å². The molecule has 110 valence electrons. The third-order valence-corrected chi connectivity index (χ3v) is 5.20. The first-order valence-corrected chi connectivity index (χ1v) is 8.73. The van der Waals surface area contributed by atoms with E-state index < -0.39 is 0 Å². The van der Waals surface area contributed by atoms with E-state index in [0.717, 1.165) is 30.8 Å². The van der Waals surface area contributed by atoms with Crippen molar-refractivity contribution < 1.29 is 4.42 Å². The Morgan fingerprint density at radius 1 is 1.23 bits per heavy atom. The Morgan fingerprint density at radius 3 is 2.86 bits per heavy atom. The van der Waals surface area contributed by atoms with Crippen LogP contribution in [0.25, 0.3) is 27.2 Å². The first-order valence-electron chi connectivity index (χ1n) is 6.27. The Hall–Kier alpha value is -1.51. The van der Waals surface area contributed by atoms with Gasteiger partial charge in [-0.3, -0.25) is 4.40 Å². The van der Waals surface area contributed by atoms with Crippen LogP contribution in [0.5, 0.6) is 0 Å². The van der Waals surface area contributed by atoms with Crippen molar-refractivity contribution in [2.75, 3.05) is 0 Å². The zero-order valence-corrected chi connectivity index (χ0v) is 15.1. The molecule has 22 heavy (non-hydrogen) atoms. The first-order chi connectivity index (χ1) is 10.5. The van der Waals surface area contributed by atoms with Crippen molar-refractivity contribution >= 4 is 59.1 Å². The minimum atomic E-state index is -0.386. The molecular weight excluding hydrogens is 434 g/mol. The molecule has 0 spiro atoms.